The predicted molar refractivity (Wildman–Crippen MR) is 161 cm³/mol. The minimum absolute atomic E-state index is 0.332. The summed E-state index contributed by atoms with van der Waals surface area (Å²) in [6.45, 7) is 5.12. The van der Waals surface area contributed by atoms with Gasteiger partial charge in [-0.25, -0.2) is 4.79 Å². The zero-order chi connectivity index (χ0) is 27.8. The van der Waals surface area contributed by atoms with Crippen LogP contribution < -0.4 is 5.32 Å². The van der Waals surface area contributed by atoms with E-state index >= 15 is 0 Å². The summed E-state index contributed by atoms with van der Waals surface area (Å²) in [4.78, 5) is 30.4. The van der Waals surface area contributed by atoms with E-state index in [0.29, 0.717) is 23.8 Å². The SMILES string of the molecule is CSCC[C@H](NC(=O)c1ccc(CN2CCCC2CN(C)C2CCCCC2)cc1-c1ccccc1C)C(=O)O. The molecular formula is C32H45N3O3S. The Labute approximate surface area is 238 Å². The van der Waals surface area contributed by atoms with Crippen LogP contribution in [0.2, 0.25) is 0 Å². The summed E-state index contributed by atoms with van der Waals surface area (Å²) in [5.41, 5.74) is 4.68. The number of nitrogens with zero attached hydrogens (tertiary/aromatic N) is 2. The van der Waals surface area contributed by atoms with Crippen molar-refractivity contribution in [3.63, 3.8) is 0 Å². The first-order valence-corrected chi connectivity index (χ1v) is 15.9. The number of aryl methyl sites for hydroxylation is 1. The van der Waals surface area contributed by atoms with E-state index in [-0.39, 0.29) is 5.91 Å². The second-order valence-electron chi connectivity index (χ2n) is 11.3. The molecule has 1 amide bonds. The van der Waals surface area contributed by atoms with Gasteiger partial charge in [-0.05, 0) is 99.0 Å². The van der Waals surface area contributed by atoms with Crippen LogP contribution in [-0.4, -0.2) is 77.1 Å². The maximum atomic E-state index is 13.4. The zero-order valence-corrected chi connectivity index (χ0v) is 24.6. The Kier molecular flexibility index (Phi) is 10.9. The number of amides is 1. The van der Waals surface area contributed by atoms with E-state index in [9.17, 15) is 14.7 Å². The molecule has 0 bridgehead atoms. The van der Waals surface area contributed by atoms with Crippen LogP contribution in [0.3, 0.4) is 0 Å². The van der Waals surface area contributed by atoms with Crippen LogP contribution in [0.1, 0.15) is 72.9 Å². The predicted octanol–water partition coefficient (Wildman–Crippen LogP) is 5.83. The van der Waals surface area contributed by atoms with Gasteiger partial charge >= 0.3 is 5.97 Å². The van der Waals surface area contributed by atoms with Gasteiger partial charge in [0.05, 0.1) is 0 Å². The van der Waals surface area contributed by atoms with E-state index in [4.69, 9.17) is 0 Å². The number of nitrogens with one attached hydrogen (secondary N) is 1. The maximum absolute atomic E-state index is 13.4. The molecule has 39 heavy (non-hydrogen) atoms. The van der Waals surface area contributed by atoms with Crippen molar-refractivity contribution in [1.29, 1.82) is 0 Å². The number of likely N-dealkylation sites (tertiary alicyclic amines) is 1. The molecule has 4 rings (SSSR count). The molecule has 1 heterocycles. The molecule has 212 valence electrons. The molecule has 0 aromatic heterocycles. The molecule has 1 saturated heterocycles. The topological polar surface area (TPSA) is 72.9 Å². The molecule has 1 aliphatic heterocycles. The highest BCUT2D eigenvalue weighted by molar-refractivity contribution is 7.98. The summed E-state index contributed by atoms with van der Waals surface area (Å²) < 4.78 is 0. The van der Waals surface area contributed by atoms with Gasteiger partial charge in [0.15, 0.2) is 0 Å². The number of hydrogen-bond acceptors (Lipinski definition) is 5. The standard InChI is InChI=1S/C32H45N3O3S/c1-23-10-7-8-14-27(23)29-20-24(15-16-28(29)31(36)33-30(32(37)38)17-19-39-3)21-35-18-9-13-26(35)22-34(2)25-11-5-4-6-12-25/h7-8,10,14-16,20,25-26,30H,4-6,9,11-13,17-19,21-22H2,1-3H3,(H,33,36)(H,37,38)/t26?,30-/m0/s1. The van der Waals surface area contributed by atoms with Crippen LogP contribution in [0.25, 0.3) is 11.1 Å². The van der Waals surface area contributed by atoms with Crippen molar-refractivity contribution in [2.45, 2.75) is 83.0 Å². The number of carbonyl (C=O) groups is 2. The second kappa shape index (κ2) is 14.3. The summed E-state index contributed by atoms with van der Waals surface area (Å²) in [6.07, 6.45) is 11.5. The first-order valence-electron chi connectivity index (χ1n) is 14.5. The van der Waals surface area contributed by atoms with Crippen molar-refractivity contribution in [3.05, 3.63) is 59.2 Å². The second-order valence-corrected chi connectivity index (χ2v) is 12.3. The third kappa shape index (κ3) is 7.86. The third-order valence-corrected chi connectivity index (χ3v) is 9.20. The van der Waals surface area contributed by atoms with Crippen molar-refractivity contribution in [1.82, 2.24) is 15.1 Å². The van der Waals surface area contributed by atoms with Gasteiger partial charge in [-0.1, -0.05) is 49.6 Å². The molecule has 2 N–H and O–H groups in total. The highest BCUT2D eigenvalue weighted by atomic mass is 32.2. The lowest BCUT2D eigenvalue weighted by atomic mass is 9.93. The third-order valence-electron chi connectivity index (χ3n) is 8.56. The Balaban J connectivity index is 1.54. The van der Waals surface area contributed by atoms with Crippen LogP contribution in [0.5, 0.6) is 0 Å². The fraction of sp³-hybridized carbons (Fsp3) is 0.562. The van der Waals surface area contributed by atoms with Gasteiger partial charge in [-0.3, -0.25) is 9.69 Å². The van der Waals surface area contributed by atoms with Gasteiger partial charge in [-0.15, -0.1) is 0 Å². The molecule has 2 atom stereocenters. The van der Waals surface area contributed by atoms with E-state index in [1.165, 1.54) is 50.5 Å². The minimum Gasteiger partial charge on any atom is -0.480 e. The number of aliphatic carboxylic acids is 1. The number of carbonyl (C=O) groups excluding carboxylic acids is 1. The normalized spacial score (nSPS) is 19.3. The molecule has 0 radical (unpaired) electrons. The molecule has 0 spiro atoms. The average molecular weight is 552 g/mol. The molecule has 2 aromatic carbocycles. The van der Waals surface area contributed by atoms with Gasteiger partial charge in [0, 0.05) is 30.7 Å². The number of hydrogen-bond donors (Lipinski definition) is 2. The number of benzene rings is 2. The summed E-state index contributed by atoms with van der Waals surface area (Å²) in [6, 6.07) is 14.6. The molecule has 1 unspecified atom stereocenters. The number of carboxylic acids is 1. The first-order chi connectivity index (χ1) is 18.9. The largest absolute Gasteiger partial charge is 0.480 e. The van der Waals surface area contributed by atoms with Crippen molar-refractivity contribution in [2.75, 3.05) is 32.1 Å². The summed E-state index contributed by atoms with van der Waals surface area (Å²) >= 11 is 1.58. The smallest absolute Gasteiger partial charge is 0.326 e. The number of rotatable bonds is 12. The highest BCUT2D eigenvalue weighted by Crippen LogP contribution is 2.30. The van der Waals surface area contributed by atoms with Gasteiger partial charge in [0.2, 0.25) is 0 Å². The molecule has 2 aliphatic rings. The quantitative estimate of drug-likeness (QED) is 0.346. The summed E-state index contributed by atoms with van der Waals surface area (Å²) in [7, 11) is 2.31. The lowest BCUT2D eigenvalue weighted by molar-refractivity contribution is -0.139. The van der Waals surface area contributed by atoms with E-state index in [1.807, 2.05) is 30.5 Å². The average Bonchev–Trinajstić information content (AvgIpc) is 3.37. The van der Waals surface area contributed by atoms with Crippen molar-refractivity contribution in [3.8, 4) is 11.1 Å². The Hall–Kier alpha value is -2.35. The lowest BCUT2D eigenvalue weighted by Gasteiger charge is -2.35. The fourth-order valence-electron chi connectivity index (χ4n) is 6.26. The summed E-state index contributed by atoms with van der Waals surface area (Å²) in [5.74, 6) is -0.653. The Bertz CT molecular complexity index is 1120. The van der Waals surface area contributed by atoms with Gasteiger partial charge < -0.3 is 15.3 Å². The van der Waals surface area contributed by atoms with Crippen molar-refractivity contribution < 1.29 is 14.7 Å². The van der Waals surface area contributed by atoms with Gasteiger partial charge in [0.25, 0.3) is 5.91 Å². The van der Waals surface area contributed by atoms with E-state index in [2.05, 4.69) is 47.3 Å². The minimum atomic E-state index is -0.996. The fourth-order valence-corrected chi connectivity index (χ4v) is 6.73. The molecule has 7 heteroatoms. The molecular weight excluding hydrogens is 506 g/mol. The molecule has 1 aliphatic carbocycles. The van der Waals surface area contributed by atoms with Crippen LogP contribution in [-0.2, 0) is 11.3 Å². The Morgan fingerprint density at radius 1 is 1.08 bits per heavy atom. The Morgan fingerprint density at radius 3 is 2.56 bits per heavy atom. The Morgan fingerprint density at radius 2 is 1.85 bits per heavy atom. The maximum Gasteiger partial charge on any atom is 0.326 e. The molecule has 2 fully saturated rings. The van der Waals surface area contributed by atoms with E-state index < -0.39 is 12.0 Å². The first kappa shape index (κ1) is 29.6. The monoisotopic (exact) mass is 551 g/mol. The summed E-state index contributed by atoms with van der Waals surface area (Å²) in [5, 5.41) is 12.4. The zero-order valence-electron chi connectivity index (χ0n) is 23.8. The number of carboxylic acid groups (broad SMARTS) is 1. The van der Waals surface area contributed by atoms with Crippen LogP contribution in [0.4, 0.5) is 0 Å². The van der Waals surface area contributed by atoms with E-state index in [1.54, 1.807) is 11.8 Å². The number of thioether (sulfide) groups is 1. The molecule has 6 nitrogen and oxygen atoms in total. The van der Waals surface area contributed by atoms with Crippen LogP contribution >= 0.6 is 11.8 Å². The van der Waals surface area contributed by atoms with Crippen molar-refractivity contribution >= 4 is 23.6 Å². The molecule has 1 saturated carbocycles. The lowest BCUT2D eigenvalue weighted by Crippen LogP contribution is -2.43. The van der Waals surface area contributed by atoms with Crippen LogP contribution in [0, 0.1) is 6.92 Å². The van der Waals surface area contributed by atoms with Crippen LogP contribution in [0.15, 0.2) is 42.5 Å². The number of likely N-dealkylation sites (N-methyl/N-ethyl adjacent to an activating group) is 1. The highest BCUT2D eigenvalue weighted by Gasteiger charge is 2.29. The van der Waals surface area contributed by atoms with E-state index in [0.717, 1.165) is 42.4 Å². The van der Waals surface area contributed by atoms with Gasteiger partial charge in [0.1, 0.15) is 6.04 Å². The van der Waals surface area contributed by atoms with Crippen molar-refractivity contribution in [2.24, 2.45) is 0 Å². The van der Waals surface area contributed by atoms with Gasteiger partial charge in [-0.2, -0.15) is 11.8 Å². The molecule has 2 aromatic rings.